The Morgan fingerprint density at radius 2 is 1.57 bits per heavy atom. The Hall–Kier alpha value is -2.00. The molecule has 2 saturated heterocycles. The van der Waals surface area contributed by atoms with Crippen molar-refractivity contribution in [2.24, 2.45) is 17.8 Å². The van der Waals surface area contributed by atoms with Crippen LogP contribution in [0.25, 0.3) is 0 Å². The third-order valence-corrected chi connectivity index (χ3v) is 10.7. The van der Waals surface area contributed by atoms with Gasteiger partial charge in [0.1, 0.15) is 48.4 Å². The van der Waals surface area contributed by atoms with Crippen molar-refractivity contribution in [3.05, 3.63) is 0 Å². The minimum absolute atomic E-state index is 0.0195. The predicted octanol–water partition coefficient (Wildman–Crippen LogP) is 0.544. The fraction of sp³-hybridized carbons (Fsp3) is 0.909. The summed E-state index contributed by atoms with van der Waals surface area (Å²) >= 11 is 0. The number of aliphatic carboxylic acids is 1. The second-order valence-corrected chi connectivity index (χ2v) is 14.3. The minimum atomic E-state index is -5.43. The predicted molar refractivity (Wildman–Crippen MR) is 167 cm³/mol. The molecule has 0 bridgehead atoms. The summed E-state index contributed by atoms with van der Waals surface area (Å²) in [4.78, 5) is 37.4. The molecule has 2 heterocycles. The highest BCUT2D eigenvalue weighted by Gasteiger charge is 2.54. The van der Waals surface area contributed by atoms with Crippen molar-refractivity contribution in [3.8, 4) is 0 Å². The molecule has 4 fully saturated rings. The van der Waals surface area contributed by atoms with Crippen molar-refractivity contribution in [2.75, 3.05) is 6.61 Å². The Morgan fingerprint density at radius 1 is 0.902 bits per heavy atom. The van der Waals surface area contributed by atoms with Crippen molar-refractivity contribution in [1.82, 2.24) is 5.32 Å². The Balaban J connectivity index is 1.70. The molecule has 1 amide bonds. The second kappa shape index (κ2) is 17.9. The number of nitrogens with one attached hydrogen (secondary N) is 1. The molecule has 2 aliphatic heterocycles. The topological polar surface area (TPSA) is 231 Å². The van der Waals surface area contributed by atoms with Crippen molar-refractivity contribution in [1.29, 1.82) is 0 Å². The number of carbonyl (C=O) groups is 3. The Morgan fingerprint density at radius 3 is 2.14 bits per heavy atom. The number of hydrogen-bond acceptors (Lipinski definition) is 13. The van der Waals surface area contributed by atoms with Crippen LogP contribution in [-0.4, -0.2) is 141 Å². The Kier molecular flexibility index (Phi) is 14.6. The van der Waals surface area contributed by atoms with Gasteiger partial charge >= 0.3 is 18.1 Å². The molecule has 2 aliphatic carbocycles. The van der Waals surface area contributed by atoms with E-state index in [-0.39, 0.29) is 31.0 Å². The van der Waals surface area contributed by atoms with E-state index in [0.717, 1.165) is 19.3 Å². The number of hydrogen-bond donors (Lipinski definition) is 7. The molecule has 18 heteroatoms. The zero-order valence-electron chi connectivity index (χ0n) is 28.9. The number of rotatable bonds is 13. The maximum absolute atomic E-state index is 13.7. The average molecular weight is 744 g/mol. The van der Waals surface area contributed by atoms with E-state index in [1.54, 1.807) is 12.2 Å². The third kappa shape index (κ3) is 10.2. The molecular formula is C33H52F3NO14. The number of ketones is 1. The van der Waals surface area contributed by atoms with Gasteiger partial charge in [0.15, 0.2) is 18.7 Å². The van der Waals surface area contributed by atoms with Gasteiger partial charge in [0, 0.05) is 5.92 Å². The highest BCUT2D eigenvalue weighted by molar-refractivity contribution is 5.82. The molecule has 51 heavy (non-hydrogen) atoms. The summed E-state index contributed by atoms with van der Waals surface area (Å²) < 4.78 is 70.7. The van der Waals surface area contributed by atoms with Crippen LogP contribution in [0.4, 0.5) is 13.2 Å². The van der Waals surface area contributed by atoms with E-state index in [2.05, 4.69) is 0 Å². The van der Waals surface area contributed by atoms with Gasteiger partial charge in [-0.2, -0.15) is 13.2 Å². The van der Waals surface area contributed by atoms with Gasteiger partial charge in [-0.3, -0.25) is 9.59 Å². The van der Waals surface area contributed by atoms with Crippen molar-refractivity contribution < 1.29 is 81.9 Å². The van der Waals surface area contributed by atoms with Crippen LogP contribution in [0.15, 0.2) is 0 Å². The lowest BCUT2D eigenvalue weighted by molar-refractivity contribution is -0.338. The summed E-state index contributed by atoms with van der Waals surface area (Å²) in [6, 6.07) is -1.99. The summed E-state index contributed by atoms with van der Waals surface area (Å²) in [5, 5.41) is 64.4. The zero-order valence-corrected chi connectivity index (χ0v) is 28.9. The molecule has 294 valence electrons. The largest absolute Gasteiger partial charge is 0.479 e. The lowest BCUT2D eigenvalue weighted by atomic mass is 9.75. The van der Waals surface area contributed by atoms with Crippen molar-refractivity contribution in [2.45, 2.75) is 164 Å². The number of aliphatic hydroxyl groups is 5. The van der Waals surface area contributed by atoms with E-state index in [1.807, 2.05) is 0 Å². The van der Waals surface area contributed by atoms with Crippen LogP contribution in [0.1, 0.15) is 78.6 Å². The number of Topliss-reactive ketones (excluding diaryl/α,β-unsaturated/α-hetero) is 1. The first-order chi connectivity index (χ1) is 24.0. The van der Waals surface area contributed by atoms with Crippen molar-refractivity contribution >= 4 is 17.7 Å². The first-order valence-corrected chi connectivity index (χ1v) is 17.7. The van der Waals surface area contributed by atoms with Crippen LogP contribution in [-0.2, 0) is 38.1 Å². The van der Waals surface area contributed by atoms with Gasteiger partial charge in [0.25, 0.3) is 0 Å². The average Bonchev–Trinajstić information content (AvgIpc) is 3.08. The smallest absolute Gasteiger partial charge is 0.471 e. The normalized spacial score (nSPS) is 40.4. The highest BCUT2D eigenvalue weighted by atomic mass is 19.4. The maximum atomic E-state index is 13.7. The Bertz CT molecular complexity index is 1170. The number of ether oxygens (including phenoxy) is 5. The van der Waals surface area contributed by atoms with Crippen LogP contribution >= 0.6 is 0 Å². The zero-order chi connectivity index (χ0) is 37.8. The minimum Gasteiger partial charge on any atom is -0.479 e. The number of carboxylic acids is 1. The molecule has 0 aromatic carbocycles. The molecule has 7 N–H and O–H groups in total. The summed E-state index contributed by atoms with van der Waals surface area (Å²) in [5.74, 6) is -5.33. The number of amides is 1. The molecular weight excluding hydrogens is 691 g/mol. The van der Waals surface area contributed by atoms with Gasteiger partial charge < -0.3 is 59.6 Å². The van der Waals surface area contributed by atoms with E-state index in [4.69, 9.17) is 23.7 Å². The molecule has 0 spiro atoms. The third-order valence-electron chi connectivity index (χ3n) is 10.7. The van der Waals surface area contributed by atoms with Gasteiger partial charge in [-0.05, 0) is 44.9 Å². The number of halogens is 3. The molecule has 0 aromatic heterocycles. The van der Waals surface area contributed by atoms with Gasteiger partial charge in [-0.25, -0.2) is 4.79 Å². The van der Waals surface area contributed by atoms with E-state index in [0.29, 0.717) is 19.3 Å². The standard InChI is InChI=1S/C33H52F3NO14/c1-4-17-11-18(14(2)39)12-19(27(17)51-31-26(43)25(42)23(40)15(3)47-31)49-30-22(37-32(46)33(34,35)36)28(24(41)21(13-38)50-30)48-20(29(44)45)10-16-8-6-5-7-9-16/h15-28,30-31,38,40-43H,4-13H2,1-3H3,(H,37,46)(H,44,45)/t15-,17?,18?,19+,20-,21-,22?,23-,24?,25?,26-,27+,28?,30+,31?/m0/s1. The van der Waals surface area contributed by atoms with Crippen LogP contribution in [0, 0.1) is 17.8 Å². The molecule has 4 rings (SSSR count). The number of carbonyl (C=O) groups excluding carboxylic acids is 2. The molecule has 2 saturated carbocycles. The quantitative estimate of drug-likeness (QED) is 0.137. The molecule has 15 atom stereocenters. The summed E-state index contributed by atoms with van der Waals surface area (Å²) in [5.41, 5.74) is 0. The van der Waals surface area contributed by atoms with Crippen molar-refractivity contribution in [3.63, 3.8) is 0 Å². The number of aliphatic hydroxyl groups excluding tert-OH is 5. The van der Waals surface area contributed by atoms with Gasteiger partial charge in [0.2, 0.25) is 0 Å². The summed E-state index contributed by atoms with van der Waals surface area (Å²) in [6.45, 7) is 3.67. The first kappa shape index (κ1) is 41.8. The van der Waals surface area contributed by atoms with E-state index in [9.17, 15) is 58.2 Å². The van der Waals surface area contributed by atoms with Crippen LogP contribution < -0.4 is 5.32 Å². The molecule has 15 nitrogen and oxygen atoms in total. The van der Waals surface area contributed by atoms with E-state index < -0.39 is 116 Å². The lowest BCUT2D eigenvalue weighted by Crippen LogP contribution is -2.68. The Labute approximate surface area is 293 Å². The first-order valence-electron chi connectivity index (χ1n) is 17.7. The summed E-state index contributed by atoms with van der Waals surface area (Å²) in [7, 11) is 0. The SMILES string of the molecule is CCC1CC(C(C)=O)C[C@@H](O[C@@H]2O[C@@H](CO)C(O)C(O[C@@H](CC3CCCCC3)C(=O)O)C2NC(=O)C(F)(F)F)[C@@H]1OC1O[C@@H](C)[C@H](O)C(O)[C@@H]1O. The molecule has 0 radical (unpaired) electrons. The van der Waals surface area contributed by atoms with Crippen LogP contribution in [0.5, 0.6) is 0 Å². The monoisotopic (exact) mass is 743 g/mol. The number of carboxylic acid groups (broad SMARTS) is 1. The lowest BCUT2D eigenvalue weighted by Gasteiger charge is -2.49. The fourth-order valence-electron chi connectivity index (χ4n) is 7.69. The molecule has 4 aliphatic rings. The van der Waals surface area contributed by atoms with Crippen LogP contribution in [0.2, 0.25) is 0 Å². The van der Waals surface area contributed by atoms with E-state index in [1.165, 1.54) is 13.8 Å². The second-order valence-electron chi connectivity index (χ2n) is 14.3. The molecule has 7 unspecified atom stereocenters. The van der Waals surface area contributed by atoms with Gasteiger partial charge in [-0.15, -0.1) is 0 Å². The molecule has 0 aromatic rings. The number of alkyl halides is 3. The maximum Gasteiger partial charge on any atom is 0.471 e. The highest BCUT2D eigenvalue weighted by Crippen LogP contribution is 2.40. The van der Waals surface area contributed by atoms with Gasteiger partial charge in [0.05, 0.1) is 24.9 Å². The fourth-order valence-corrected chi connectivity index (χ4v) is 7.69. The van der Waals surface area contributed by atoms with E-state index >= 15 is 0 Å². The van der Waals surface area contributed by atoms with Crippen LogP contribution in [0.3, 0.4) is 0 Å². The van der Waals surface area contributed by atoms with Gasteiger partial charge in [-0.1, -0.05) is 45.4 Å². The summed E-state index contributed by atoms with van der Waals surface area (Å²) in [6.07, 6.45) is -19.3.